The number of carboxylic acids is 1. The first-order valence-electron chi connectivity index (χ1n) is 9.23. The molecular formula is C19H24FN3O3. The molecule has 6 nitrogen and oxygen atoms in total. The van der Waals surface area contributed by atoms with Gasteiger partial charge in [-0.25, -0.2) is 4.39 Å². The van der Waals surface area contributed by atoms with Crippen molar-refractivity contribution in [3.05, 3.63) is 23.0 Å². The van der Waals surface area contributed by atoms with Gasteiger partial charge in [-0.15, -0.1) is 0 Å². The minimum atomic E-state index is -1.13. The average Bonchev–Trinajstić information content (AvgIpc) is 3.42. The molecule has 7 heteroatoms. The number of hydrogen-bond donors (Lipinski definition) is 2. The number of anilines is 2. The number of Topliss-reactive ketones (excluding diaryl/α,β-unsaturated/α-hetero) is 1. The number of hydrogen-bond acceptors (Lipinski definition) is 5. The fourth-order valence-electron chi connectivity index (χ4n) is 4.15. The summed E-state index contributed by atoms with van der Waals surface area (Å²) < 4.78 is 15.2. The molecule has 26 heavy (non-hydrogen) atoms. The van der Waals surface area contributed by atoms with Crippen LogP contribution in [0.1, 0.15) is 35.7 Å². The molecule has 1 saturated carbocycles. The van der Waals surface area contributed by atoms with E-state index in [0.29, 0.717) is 24.5 Å². The van der Waals surface area contributed by atoms with Crippen molar-refractivity contribution in [1.82, 2.24) is 5.32 Å². The molecule has 2 N–H and O–H groups in total. The lowest BCUT2D eigenvalue weighted by atomic mass is 9.87. The first kappa shape index (κ1) is 17.3. The molecular weight excluding hydrogens is 337 g/mol. The van der Waals surface area contributed by atoms with Crippen molar-refractivity contribution >= 4 is 23.1 Å². The molecule has 2 aliphatic heterocycles. The molecule has 0 amide bonds. The van der Waals surface area contributed by atoms with Gasteiger partial charge in [0.1, 0.15) is 11.7 Å². The maximum Gasteiger partial charge on any atom is 0.316 e. The topological polar surface area (TPSA) is 72.9 Å². The van der Waals surface area contributed by atoms with Crippen LogP contribution in [-0.4, -0.2) is 55.1 Å². The van der Waals surface area contributed by atoms with Gasteiger partial charge in [-0.2, -0.15) is 0 Å². The normalized spacial score (nSPS) is 26.0. The Morgan fingerprint density at radius 2 is 2.04 bits per heavy atom. The predicted molar refractivity (Wildman–Crippen MR) is 96.6 cm³/mol. The summed E-state index contributed by atoms with van der Waals surface area (Å²) in [6.07, 6.45) is 1.97. The zero-order chi connectivity index (χ0) is 18.6. The third-order valence-corrected chi connectivity index (χ3v) is 5.71. The van der Waals surface area contributed by atoms with Gasteiger partial charge in [0.15, 0.2) is 5.78 Å². The molecule has 0 bridgehead atoms. The van der Waals surface area contributed by atoms with E-state index >= 15 is 4.39 Å². The van der Waals surface area contributed by atoms with Gasteiger partial charge in [-0.3, -0.25) is 9.59 Å². The van der Waals surface area contributed by atoms with Crippen molar-refractivity contribution in [2.75, 3.05) is 36.0 Å². The van der Waals surface area contributed by atoms with Crippen molar-refractivity contribution in [2.24, 2.45) is 5.92 Å². The lowest BCUT2D eigenvalue weighted by Gasteiger charge is -2.38. The third-order valence-electron chi connectivity index (χ3n) is 5.71. The minimum absolute atomic E-state index is 0.175. The highest BCUT2D eigenvalue weighted by atomic mass is 19.1. The molecule has 0 aromatic heterocycles. The number of carboxylic acid groups (broad SMARTS) is 1. The third kappa shape index (κ3) is 2.74. The quantitative estimate of drug-likeness (QED) is 0.800. The van der Waals surface area contributed by atoms with E-state index < -0.39 is 23.5 Å². The SMILES string of the molecule is Cc1c(F)c(N2CCNC(C)C2)cc2c1C(=O)C(C(=O)O)CN2C1CC1. The highest BCUT2D eigenvalue weighted by Gasteiger charge is 2.43. The Kier molecular flexibility index (Phi) is 4.14. The molecule has 4 rings (SSSR count). The number of nitrogens with one attached hydrogen (secondary N) is 1. The average molecular weight is 361 g/mol. The summed E-state index contributed by atoms with van der Waals surface area (Å²) in [4.78, 5) is 28.3. The Labute approximate surface area is 152 Å². The highest BCUT2D eigenvalue weighted by molar-refractivity contribution is 6.14. The second kappa shape index (κ2) is 6.23. The fraction of sp³-hybridized carbons (Fsp3) is 0.579. The highest BCUT2D eigenvalue weighted by Crippen LogP contribution is 2.43. The number of piperazine rings is 1. The number of rotatable bonds is 3. The van der Waals surface area contributed by atoms with E-state index in [1.54, 1.807) is 13.0 Å². The van der Waals surface area contributed by atoms with Crippen LogP contribution in [-0.2, 0) is 4.79 Å². The summed E-state index contributed by atoms with van der Waals surface area (Å²) in [5, 5.41) is 12.8. The molecule has 1 saturated heterocycles. The van der Waals surface area contributed by atoms with Crippen LogP contribution in [0.15, 0.2) is 6.07 Å². The molecule has 0 radical (unpaired) electrons. The van der Waals surface area contributed by atoms with E-state index in [1.165, 1.54) is 0 Å². The zero-order valence-electron chi connectivity index (χ0n) is 15.1. The Hall–Kier alpha value is -2.15. The molecule has 2 heterocycles. The molecule has 1 aliphatic carbocycles. The van der Waals surface area contributed by atoms with Crippen molar-refractivity contribution in [1.29, 1.82) is 0 Å². The summed E-state index contributed by atoms with van der Waals surface area (Å²) in [5.74, 6) is -3.13. The monoisotopic (exact) mass is 361 g/mol. The van der Waals surface area contributed by atoms with E-state index in [4.69, 9.17) is 0 Å². The van der Waals surface area contributed by atoms with Crippen molar-refractivity contribution in [3.8, 4) is 0 Å². The molecule has 2 fully saturated rings. The summed E-state index contributed by atoms with van der Waals surface area (Å²) in [7, 11) is 0. The number of carbonyl (C=O) groups is 2. The van der Waals surface area contributed by atoms with Gasteiger partial charge in [-0.1, -0.05) is 0 Å². The predicted octanol–water partition coefficient (Wildman–Crippen LogP) is 1.80. The number of carbonyl (C=O) groups excluding carboxylic acids is 1. The van der Waals surface area contributed by atoms with Gasteiger partial charge in [0.25, 0.3) is 0 Å². The first-order chi connectivity index (χ1) is 12.4. The molecule has 1 aromatic carbocycles. The second-order valence-electron chi connectivity index (χ2n) is 7.67. The van der Waals surface area contributed by atoms with E-state index in [9.17, 15) is 14.7 Å². The van der Waals surface area contributed by atoms with Gasteiger partial charge in [0.05, 0.1) is 11.4 Å². The zero-order valence-corrected chi connectivity index (χ0v) is 15.1. The van der Waals surface area contributed by atoms with Gasteiger partial charge >= 0.3 is 5.97 Å². The minimum Gasteiger partial charge on any atom is -0.481 e. The maximum atomic E-state index is 15.2. The molecule has 3 aliphatic rings. The summed E-state index contributed by atoms with van der Waals surface area (Å²) in [5.41, 5.74) is 1.74. The van der Waals surface area contributed by atoms with Crippen molar-refractivity contribution in [2.45, 2.75) is 38.8 Å². The van der Waals surface area contributed by atoms with E-state index in [-0.39, 0.29) is 29.8 Å². The summed E-state index contributed by atoms with van der Waals surface area (Å²) in [6, 6.07) is 2.28. The number of aliphatic carboxylic acids is 1. The number of ketones is 1. The van der Waals surface area contributed by atoms with Crippen LogP contribution in [0.3, 0.4) is 0 Å². The number of halogens is 1. The standard InChI is InChI=1S/C19H24FN3O3/c1-10-8-22(6-5-21-10)15-7-14-16(11(2)17(15)20)18(24)13(19(25)26)9-23(14)12-3-4-12/h7,10,12-13,21H,3-6,8-9H2,1-2H3,(H,25,26). The van der Waals surface area contributed by atoms with Crippen LogP contribution in [0.5, 0.6) is 0 Å². The second-order valence-corrected chi connectivity index (χ2v) is 7.67. The van der Waals surface area contributed by atoms with Crippen molar-refractivity contribution < 1.29 is 19.1 Å². The lowest BCUT2D eigenvalue weighted by molar-refractivity contribution is -0.139. The largest absolute Gasteiger partial charge is 0.481 e. The van der Waals surface area contributed by atoms with Gasteiger partial charge < -0.3 is 20.2 Å². The number of fused-ring (bicyclic) bond motifs is 1. The van der Waals surface area contributed by atoms with Crippen LogP contribution in [0.25, 0.3) is 0 Å². The fourth-order valence-corrected chi connectivity index (χ4v) is 4.15. The smallest absolute Gasteiger partial charge is 0.316 e. The lowest BCUT2D eigenvalue weighted by Crippen LogP contribution is -2.50. The van der Waals surface area contributed by atoms with E-state index in [0.717, 1.165) is 19.4 Å². The Balaban J connectivity index is 1.82. The summed E-state index contributed by atoms with van der Waals surface area (Å²) >= 11 is 0. The Morgan fingerprint density at radius 3 is 2.65 bits per heavy atom. The van der Waals surface area contributed by atoms with Crippen LogP contribution in [0.2, 0.25) is 0 Å². The first-order valence-corrected chi connectivity index (χ1v) is 9.23. The van der Waals surface area contributed by atoms with E-state index in [1.807, 2.05) is 9.80 Å². The molecule has 2 atom stereocenters. The van der Waals surface area contributed by atoms with Crippen molar-refractivity contribution in [3.63, 3.8) is 0 Å². The Bertz CT molecular complexity index is 778. The summed E-state index contributed by atoms with van der Waals surface area (Å²) in [6.45, 7) is 6.01. The van der Waals surface area contributed by atoms with E-state index in [2.05, 4.69) is 12.2 Å². The van der Waals surface area contributed by atoms with Crippen LogP contribution in [0, 0.1) is 18.7 Å². The van der Waals surface area contributed by atoms with Gasteiger partial charge in [0.2, 0.25) is 0 Å². The van der Waals surface area contributed by atoms with Crippen LogP contribution >= 0.6 is 0 Å². The molecule has 140 valence electrons. The molecule has 0 spiro atoms. The molecule has 2 unspecified atom stereocenters. The maximum absolute atomic E-state index is 15.2. The Morgan fingerprint density at radius 1 is 1.31 bits per heavy atom. The van der Waals surface area contributed by atoms with Gasteiger partial charge in [-0.05, 0) is 38.3 Å². The van der Waals surface area contributed by atoms with Gasteiger partial charge in [0, 0.05) is 43.8 Å². The van der Waals surface area contributed by atoms with Crippen LogP contribution < -0.4 is 15.1 Å². The number of benzene rings is 1. The molecule has 1 aromatic rings. The number of nitrogens with zero attached hydrogens (tertiary/aromatic N) is 2. The van der Waals surface area contributed by atoms with Crippen LogP contribution in [0.4, 0.5) is 15.8 Å².